The molecule has 7 heteroatoms. The molecule has 1 aliphatic heterocycles. The Kier molecular flexibility index (Phi) is 8.55. The minimum atomic E-state index is 0.307. The minimum Gasteiger partial charge on any atom is -0.474 e. The topological polar surface area (TPSA) is 71.0 Å². The van der Waals surface area contributed by atoms with E-state index in [4.69, 9.17) is 9.47 Å². The molecule has 3 rings (SSSR count). The van der Waals surface area contributed by atoms with E-state index in [1.165, 1.54) is 12.8 Å². The third kappa shape index (κ3) is 6.57. The smallest absolute Gasteiger partial charge is 0.218 e. The lowest BCUT2D eigenvalue weighted by atomic mass is 10.0. The highest BCUT2D eigenvalue weighted by Gasteiger charge is 2.24. The molecule has 1 saturated heterocycles. The zero-order chi connectivity index (χ0) is 20.5. The van der Waals surface area contributed by atoms with Crippen LogP contribution in [0.5, 0.6) is 5.88 Å². The largest absolute Gasteiger partial charge is 0.474 e. The van der Waals surface area contributed by atoms with E-state index in [0.717, 1.165) is 63.1 Å². The quantitative estimate of drug-likeness (QED) is 0.513. The van der Waals surface area contributed by atoms with Crippen molar-refractivity contribution in [2.75, 3.05) is 39.9 Å². The molecule has 0 spiro atoms. The van der Waals surface area contributed by atoms with Crippen molar-refractivity contribution in [2.24, 2.45) is 10.9 Å². The van der Waals surface area contributed by atoms with E-state index in [9.17, 15) is 0 Å². The van der Waals surface area contributed by atoms with E-state index in [2.05, 4.69) is 45.4 Å². The van der Waals surface area contributed by atoms with Crippen LogP contribution in [-0.4, -0.2) is 67.9 Å². The number of rotatable bonds is 8. The highest BCUT2D eigenvalue weighted by Crippen LogP contribution is 2.24. The Bertz CT molecular complexity index is 640. The molecule has 0 bridgehead atoms. The van der Waals surface area contributed by atoms with E-state index in [1.807, 2.05) is 13.1 Å². The summed E-state index contributed by atoms with van der Waals surface area (Å²) in [5.41, 5.74) is 1.07. The zero-order valence-electron chi connectivity index (χ0n) is 18.2. The highest BCUT2D eigenvalue weighted by molar-refractivity contribution is 5.79. The Morgan fingerprint density at radius 1 is 1.28 bits per heavy atom. The summed E-state index contributed by atoms with van der Waals surface area (Å²) < 4.78 is 11.7. The van der Waals surface area contributed by atoms with Crippen molar-refractivity contribution in [3.63, 3.8) is 0 Å². The van der Waals surface area contributed by atoms with Gasteiger partial charge in [-0.25, -0.2) is 4.98 Å². The van der Waals surface area contributed by atoms with Crippen molar-refractivity contribution in [3.8, 4) is 5.88 Å². The predicted molar refractivity (Wildman–Crippen MR) is 116 cm³/mol. The second-order valence-electron chi connectivity index (χ2n) is 8.26. The second-order valence-corrected chi connectivity index (χ2v) is 8.26. The van der Waals surface area contributed by atoms with Crippen LogP contribution in [0.2, 0.25) is 0 Å². The molecule has 1 aromatic rings. The molecule has 1 aliphatic carbocycles. The summed E-state index contributed by atoms with van der Waals surface area (Å²) in [6.45, 7) is 9.68. The standard InChI is InChI=1S/C22H37N5O2/c1-17(2)20(27-11-13-28-14-12-27)16-26-22(23-3)25-15-18-7-6-10-24-21(18)29-19-8-4-5-9-19/h6-7,10,17,19-20H,4-5,8-9,11-16H2,1-3H3,(H2,23,25,26). The molecule has 162 valence electrons. The van der Waals surface area contributed by atoms with Gasteiger partial charge in [-0.15, -0.1) is 0 Å². The van der Waals surface area contributed by atoms with E-state index in [0.29, 0.717) is 24.6 Å². The number of nitrogens with one attached hydrogen (secondary N) is 2. The fourth-order valence-corrected chi connectivity index (χ4v) is 4.13. The molecule has 1 atom stereocenters. The average molecular weight is 404 g/mol. The first-order chi connectivity index (χ1) is 14.2. The molecule has 2 heterocycles. The van der Waals surface area contributed by atoms with Crippen LogP contribution in [0.25, 0.3) is 0 Å². The fraction of sp³-hybridized carbons (Fsp3) is 0.727. The normalized spacial score (nSPS) is 20.1. The number of nitrogens with zero attached hydrogens (tertiary/aromatic N) is 3. The van der Waals surface area contributed by atoms with Crippen molar-refractivity contribution in [1.29, 1.82) is 0 Å². The van der Waals surface area contributed by atoms with Crippen LogP contribution in [0.15, 0.2) is 23.3 Å². The number of morpholine rings is 1. The lowest BCUT2D eigenvalue weighted by molar-refractivity contribution is 0.00752. The molecule has 2 aliphatic rings. The van der Waals surface area contributed by atoms with Crippen LogP contribution in [0, 0.1) is 5.92 Å². The number of aliphatic imine (C=N–C) groups is 1. The van der Waals surface area contributed by atoms with Gasteiger partial charge in [0.05, 0.1) is 13.2 Å². The van der Waals surface area contributed by atoms with Gasteiger partial charge < -0.3 is 20.1 Å². The second kappa shape index (κ2) is 11.4. The SMILES string of the molecule is CN=C(NCc1cccnc1OC1CCCC1)NCC(C(C)C)N1CCOCC1. The molecule has 0 radical (unpaired) electrons. The van der Waals surface area contributed by atoms with Crippen molar-refractivity contribution in [2.45, 2.75) is 58.2 Å². The van der Waals surface area contributed by atoms with Crippen molar-refractivity contribution in [1.82, 2.24) is 20.5 Å². The first-order valence-corrected chi connectivity index (χ1v) is 11.0. The zero-order valence-corrected chi connectivity index (χ0v) is 18.2. The first kappa shape index (κ1) is 21.8. The number of hydrogen-bond acceptors (Lipinski definition) is 5. The van der Waals surface area contributed by atoms with Gasteiger partial charge in [0.25, 0.3) is 0 Å². The van der Waals surface area contributed by atoms with E-state index in [1.54, 1.807) is 6.20 Å². The van der Waals surface area contributed by atoms with Crippen LogP contribution < -0.4 is 15.4 Å². The predicted octanol–water partition coefficient (Wildman–Crippen LogP) is 2.42. The van der Waals surface area contributed by atoms with Gasteiger partial charge in [0.2, 0.25) is 5.88 Å². The number of aromatic nitrogens is 1. The molecule has 0 amide bonds. The maximum absolute atomic E-state index is 6.15. The summed E-state index contributed by atoms with van der Waals surface area (Å²) in [5.74, 6) is 2.11. The minimum absolute atomic E-state index is 0.307. The van der Waals surface area contributed by atoms with Crippen molar-refractivity contribution >= 4 is 5.96 Å². The number of hydrogen-bond donors (Lipinski definition) is 2. The summed E-state index contributed by atoms with van der Waals surface area (Å²) in [7, 11) is 1.81. The summed E-state index contributed by atoms with van der Waals surface area (Å²) in [5, 5.41) is 6.93. The molecule has 7 nitrogen and oxygen atoms in total. The number of guanidine groups is 1. The van der Waals surface area contributed by atoms with Gasteiger partial charge in [-0.2, -0.15) is 0 Å². The number of pyridine rings is 1. The highest BCUT2D eigenvalue weighted by atomic mass is 16.5. The molecule has 1 saturated carbocycles. The maximum atomic E-state index is 6.15. The number of ether oxygens (including phenoxy) is 2. The van der Waals surface area contributed by atoms with E-state index < -0.39 is 0 Å². The third-order valence-corrected chi connectivity index (χ3v) is 5.86. The molecule has 1 unspecified atom stereocenters. The molecule has 2 N–H and O–H groups in total. The van der Waals surface area contributed by atoms with Crippen LogP contribution >= 0.6 is 0 Å². The Balaban J connectivity index is 1.52. The lowest BCUT2D eigenvalue weighted by Crippen LogP contribution is -2.52. The van der Waals surface area contributed by atoms with Gasteiger partial charge in [0.1, 0.15) is 6.10 Å². The molecule has 0 aromatic carbocycles. The summed E-state index contributed by atoms with van der Waals surface area (Å²) in [4.78, 5) is 11.4. The molecular formula is C22H37N5O2. The Morgan fingerprint density at radius 3 is 2.72 bits per heavy atom. The van der Waals surface area contributed by atoms with Crippen LogP contribution in [-0.2, 0) is 11.3 Å². The van der Waals surface area contributed by atoms with Gasteiger partial charge in [-0.3, -0.25) is 9.89 Å². The van der Waals surface area contributed by atoms with E-state index >= 15 is 0 Å². The molecular weight excluding hydrogens is 366 g/mol. The van der Waals surface area contributed by atoms with Gasteiger partial charge in [0, 0.05) is 51.0 Å². The van der Waals surface area contributed by atoms with Gasteiger partial charge in [0.15, 0.2) is 5.96 Å². The van der Waals surface area contributed by atoms with Crippen LogP contribution in [0.1, 0.15) is 45.1 Å². The van der Waals surface area contributed by atoms with Gasteiger partial charge in [-0.1, -0.05) is 19.9 Å². The van der Waals surface area contributed by atoms with Crippen molar-refractivity contribution in [3.05, 3.63) is 23.9 Å². The summed E-state index contributed by atoms with van der Waals surface area (Å²) >= 11 is 0. The summed E-state index contributed by atoms with van der Waals surface area (Å²) in [6.07, 6.45) is 6.87. The van der Waals surface area contributed by atoms with Crippen molar-refractivity contribution < 1.29 is 9.47 Å². The van der Waals surface area contributed by atoms with E-state index in [-0.39, 0.29) is 0 Å². The van der Waals surface area contributed by atoms with Gasteiger partial charge >= 0.3 is 0 Å². The first-order valence-electron chi connectivity index (χ1n) is 11.0. The summed E-state index contributed by atoms with van der Waals surface area (Å²) in [6, 6.07) is 4.49. The Labute approximate surface area is 175 Å². The maximum Gasteiger partial charge on any atom is 0.218 e. The Morgan fingerprint density at radius 2 is 2.03 bits per heavy atom. The fourth-order valence-electron chi connectivity index (χ4n) is 4.13. The van der Waals surface area contributed by atoms with Crippen LogP contribution in [0.3, 0.4) is 0 Å². The van der Waals surface area contributed by atoms with Crippen LogP contribution in [0.4, 0.5) is 0 Å². The molecule has 1 aromatic heterocycles. The van der Waals surface area contributed by atoms with Gasteiger partial charge in [-0.05, 0) is 37.7 Å². The molecule has 2 fully saturated rings. The molecule has 29 heavy (non-hydrogen) atoms. The Hall–Kier alpha value is -1.86. The average Bonchev–Trinajstić information content (AvgIpc) is 3.25. The monoisotopic (exact) mass is 403 g/mol. The lowest BCUT2D eigenvalue weighted by Gasteiger charge is -2.37. The third-order valence-electron chi connectivity index (χ3n) is 5.86.